The van der Waals surface area contributed by atoms with E-state index in [1.165, 1.54) is 5.56 Å². The van der Waals surface area contributed by atoms with Gasteiger partial charge >= 0.3 is 0 Å². The van der Waals surface area contributed by atoms with E-state index in [9.17, 15) is 4.79 Å². The fourth-order valence-electron chi connectivity index (χ4n) is 2.03. The lowest BCUT2D eigenvalue weighted by molar-refractivity contribution is -0.119. The number of primary amides is 1. The van der Waals surface area contributed by atoms with Crippen molar-refractivity contribution in [2.24, 2.45) is 17.4 Å². The molecule has 4 heteroatoms. The van der Waals surface area contributed by atoms with Crippen molar-refractivity contribution in [2.75, 3.05) is 13.1 Å². The Balaban J connectivity index is 2.71. The van der Waals surface area contributed by atoms with E-state index in [1.54, 1.807) is 0 Å². The molecule has 0 fully saturated rings. The van der Waals surface area contributed by atoms with E-state index in [2.05, 4.69) is 24.8 Å². The first kappa shape index (κ1) is 14.7. The molecule has 0 saturated heterocycles. The first-order valence-corrected chi connectivity index (χ1v) is 6.29. The number of amides is 1. The van der Waals surface area contributed by atoms with Crippen LogP contribution in [0, 0.1) is 5.92 Å². The summed E-state index contributed by atoms with van der Waals surface area (Å²) in [6, 6.07) is 8.13. The SMILES string of the molecule is CC(C)CN(CC(N)=O)Cc1cccc(CN)c1. The average molecular weight is 249 g/mol. The van der Waals surface area contributed by atoms with Gasteiger partial charge in [0.2, 0.25) is 5.91 Å². The van der Waals surface area contributed by atoms with Crippen molar-refractivity contribution in [1.82, 2.24) is 4.90 Å². The van der Waals surface area contributed by atoms with Gasteiger partial charge in [0.1, 0.15) is 0 Å². The van der Waals surface area contributed by atoms with E-state index < -0.39 is 0 Å². The van der Waals surface area contributed by atoms with Gasteiger partial charge in [0.25, 0.3) is 0 Å². The molecule has 18 heavy (non-hydrogen) atoms. The van der Waals surface area contributed by atoms with Crippen LogP contribution in [0.25, 0.3) is 0 Å². The van der Waals surface area contributed by atoms with Gasteiger partial charge in [-0.3, -0.25) is 9.69 Å². The quantitative estimate of drug-likeness (QED) is 0.759. The third-order valence-corrected chi connectivity index (χ3v) is 2.64. The Labute approximate surface area is 109 Å². The van der Waals surface area contributed by atoms with E-state index in [0.29, 0.717) is 19.0 Å². The highest BCUT2D eigenvalue weighted by Gasteiger charge is 2.11. The van der Waals surface area contributed by atoms with Crippen LogP contribution in [-0.2, 0) is 17.9 Å². The first-order valence-electron chi connectivity index (χ1n) is 6.29. The van der Waals surface area contributed by atoms with E-state index in [0.717, 1.165) is 18.7 Å². The number of hydrogen-bond donors (Lipinski definition) is 2. The number of benzene rings is 1. The second-order valence-electron chi connectivity index (χ2n) is 5.05. The molecule has 4 nitrogen and oxygen atoms in total. The Bertz CT molecular complexity index is 390. The fraction of sp³-hybridized carbons (Fsp3) is 0.500. The van der Waals surface area contributed by atoms with Crippen molar-refractivity contribution in [1.29, 1.82) is 0 Å². The molecule has 1 rings (SSSR count). The highest BCUT2D eigenvalue weighted by molar-refractivity contribution is 5.75. The van der Waals surface area contributed by atoms with Crippen LogP contribution >= 0.6 is 0 Å². The van der Waals surface area contributed by atoms with Crippen LogP contribution in [-0.4, -0.2) is 23.9 Å². The van der Waals surface area contributed by atoms with E-state index in [-0.39, 0.29) is 5.91 Å². The molecule has 0 bridgehead atoms. The lowest BCUT2D eigenvalue weighted by atomic mass is 10.1. The van der Waals surface area contributed by atoms with Gasteiger partial charge in [-0.2, -0.15) is 0 Å². The lowest BCUT2D eigenvalue weighted by Gasteiger charge is -2.23. The van der Waals surface area contributed by atoms with E-state index in [4.69, 9.17) is 11.5 Å². The zero-order valence-corrected chi connectivity index (χ0v) is 11.2. The summed E-state index contributed by atoms with van der Waals surface area (Å²) < 4.78 is 0. The fourth-order valence-corrected chi connectivity index (χ4v) is 2.03. The topological polar surface area (TPSA) is 72.3 Å². The molecule has 0 aliphatic rings. The van der Waals surface area contributed by atoms with Gasteiger partial charge in [-0.05, 0) is 17.0 Å². The van der Waals surface area contributed by atoms with Crippen LogP contribution in [0.15, 0.2) is 24.3 Å². The van der Waals surface area contributed by atoms with Crippen LogP contribution in [0.2, 0.25) is 0 Å². The molecule has 0 atom stereocenters. The summed E-state index contributed by atoms with van der Waals surface area (Å²) in [7, 11) is 0. The van der Waals surface area contributed by atoms with Crippen molar-refractivity contribution in [2.45, 2.75) is 26.9 Å². The Kier molecular flexibility index (Phi) is 5.82. The van der Waals surface area contributed by atoms with Crippen LogP contribution in [0.3, 0.4) is 0 Å². The zero-order chi connectivity index (χ0) is 13.5. The molecule has 4 N–H and O–H groups in total. The molecule has 0 aliphatic heterocycles. The molecular weight excluding hydrogens is 226 g/mol. The van der Waals surface area contributed by atoms with Crippen molar-refractivity contribution in [3.05, 3.63) is 35.4 Å². The average Bonchev–Trinajstić information content (AvgIpc) is 2.27. The summed E-state index contributed by atoms with van der Waals surface area (Å²) >= 11 is 0. The first-order chi connectivity index (χ1) is 8.51. The molecule has 0 aromatic heterocycles. The summed E-state index contributed by atoms with van der Waals surface area (Å²) in [5.41, 5.74) is 13.2. The minimum Gasteiger partial charge on any atom is -0.369 e. The van der Waals surface area contributed by atoms with Gasteiger partial charge in [0.05, 0.1) is 6.54 Å². The Morgan fingerprint density at radius 2 is 2.00 bits per heavy atom. The smallest absolute Gasteiger partial charge is 0.231 e. The number of carbonyl (C=O) groups is 1. The van der Waals surface area contributed by atoms with Crippen molar-refractivity contribution >= 4 is 5.91 Å². The maximum atomic E-state index is 11.1. The number of hydrogen-bond acceptors (Lipinski definition) is 3. The molecule has 0 saturated carbocycles. The number of carbonyl (C=O) groups excluding carboxylic acids is 1. The van der Waals surface area contributed by atoms with Gasteiger partial charge in [-0.25, -0.2) is 0 Å². The highest BCUT2D eigenvalue weighted by atomic mass is 16.1. The number of nitrogens with two attached hydrogens (primary N) is 2. The largest absolute Gasteiger partial charge is 0.369 e. The van der Waals surface area contributed by atoms with Gasteiger partial charge in [0, 0.05) is 19.6 Å². The Morgan fingerprint density at radius 1 is 1.33 bits per heavy atom. The molecule has 1 aromatic rings. The normalized spacial score (nSPS) is 11.2. The molecule has 100 valence electrons. The number of rotatable bonds is 7. The van der Waals surface area contributed by atoms with E-state index >= 15 is 0 Å². The zero-order valence-electron chi connectivity index (χ0n) is 11.2. The maximum absolute atomic E-state index is 11.1. The van der Waals surface area contributed by atoms with Gasteiger partial charge in [0.15, 0.2) is 0 Å². The molecule has 1 amide bonds. The molecule has 0 spiro atoms. The third kappa shape index (κ3) is 5.29. The summed E-state index contributed by atoms with van der Waals surface area (Å²) in [5.74, 6) is 0.215. The van der Waals surface area contributed by atoms with Crippen LogP contribution < -0.4 is 11.5 Å². The number of nitrogens with zero attached hydrogens (tertiary/aromatic N) is 1. The van der Waals surface area contributed by atoms with Crippen molar-refractivity contribution < 1.29 is 4.79 Å². The second kappa shape index (κ2) is 7.13. The third-order valence-electron chi connectivity index (χ3n) is 2.64. The Hall–Kier alpha value is -1.39. The van der Waals surface area contributed by atoms with Crippen LogP contribution in [0.5, 0.6) is 0 Å². The molecule has 0 unspecified atom stereocenters. The predicted octanol–water partition coefficient (Wildman–Crippen LogP) is 1.09. The minimum absolute atomic E-state index is 0.286. The van der Waals surface area contributed by atoms with Crippen molar-refractivity contribution in [3.63, 3.8) is 0 Å². The van der Waals surface area contributed by atoms with Crippen LogP contribution in [0.4, 0.5) is 0 Å². The highest BCUT2D eigenvalue weighted by Crippen LogP contribution is 2.09. The molecule has 1 aromatic carbocycles. The van der Waals surface area contributed by atoms with Gasteiger partial charge in [-0.1, -0.05) is 38.1 Å². The molecule has 0 aliphatic carbocycles. The van der Waals surface area contributed by atoms with Crippen molar-refractivity contribution in [3.8, 4) is 0 Å². The van der Waals surface area contributed by atoms with Gasteiger partial charge in [-0.15, -0.1) is 0 Å². The van der Waals surface area contributed by atoms with E-state index in [1.807, 2.05) is 18.2 Å². The summed E-state index contributed by atoms with van der Waals surface area (Å²) in [4.78, 5) is 13.1. The monoisotopic (exact) mass is 249 g/mol. The molecule has 0 heterocycles. The second-order valence-corrected chi connectivity index (χ2v) is 5.05. The molecular formula is C14H23N3O. The summed E-state index contributed by atoms with van der Waals surface area (Å²) in [6.45, 7) is 6.68. The maximum Gasteiger partial charge on any atom is 0.231 e. The summed E-state index contributed by atoms with van der Waals surface area (Å²) in [5, 5.41) is 0. The minimum atomic E-state index is -0.286. The van der Waals surface area contributed by atoms with Gasteiger partial charge < -0.3 is 11.5 Å². The summed E-state index contributed by atoms with van der Waals surface area (Å²) in [6.07, 6.45) is 0. The van der Waals surface area contributed by atoms with Crippen LogP contribution in [0.1, 0.15) is 25.0 Å². The lowest BCUT2D eigenvalue weighted by Crippen LogP contribution is -2.35. The Morgan fingerprint density at radius 3 is 2.56 bits per heavy atom. The standard InChI is InChI=1S/C14H23N3O/c1-11(2)8-17(10-14(16)18)9-13-5-3-4-12(6-13)7-15/h3-6,11H,7-10,15H2,1-2H3,(H2,16,18). The predicted molar refractivity (Wildman–Crippen MR) is 73.6 cm³/mol. The molecule has 0 radical (unpaired) electrons.